The molecule has 33 heavy (non-hydrogen) atoms. The van der Waals surface area contributed by atoms with Gasteiger partial charge in [-0.05, 0) is 49.6 Å². The highest BCUT2D eigenvalue weighted by molar-refractivity contribution is 8.00. The highest BCUT2D eigenvalue weighted by Gasteiger charge is 2.26. The maximum absolute atomic E-state index is 13.5. The standard InChI is InChI=1S/C25H25N3O3S2/c1-14-11-12-19(31-5)18(13-14)26-22(29)21(17-9-7-6-8-10-17)33-25-27-23-20(24(30)28(25)4)15(2)16(3)32-23/h6-13,21H,1-5H3,(H,26,29). The number of thioether (sulfide) groups is 1. The molecule has 0 aliphatic rings. The summed E-state index contributed by atoms with van der Waals surface area (Å²) in [5.41, 5.74) is 3.29. The lowest BCUT2D eigenvalue weighted by molar-refractivity contribution is -0.115. The molecule has 1 N–H and O–H groups in total. The van der Waals surface area contributed by atoms with Crippen molar-refractivity contribution in [2.24, 2.45) is 7.05 Å². The second-order valence-electron chi connectivity index (χ2n) is 7.82. The van der Waals surface area contributed by atoms with E-state index >= 15 is 0 Å². The smallest absolute Gasteiger partial charge is 0.262 e. The molecule has 0 aliphatic heterocycles. The Morgan fingerprint density at radius 1 is 1.15 bits per heavy atom. The second-order valence-corrected chi connectivity index (χ2v) is 10.1. The fraction of sp³-hybridized carbons (Fsp3) is 0.240. The molecular formula is C25H25N3O3S2. The molecule has 1 atom stereocenters. The minimum atomic E-state index is -0.617. The average molecular weight is 480 g/mol. The van der Waals surface area contributed by atoms with Crippen molar-refractivity contribution in [1.82, 2.24) is 9.55 Å². The monoisotopic (exact) mass is 479 g/mol. The normalized spacial score (nSPS) is 12.0. The summed E-state index contributed by atoms with van der Waals surface area (Å²) < 4.78 is 6.95. The molecular weight excluding hydrogens is 454 g/mol. The van der Waals surface area contributed by atoms with Crippen LogP contribution < -0.4 is 15.6 Å². The molecule has 1 amide bonds. The summed E-state index contributed by atoms with van der Waals surface area (Å²) in [5.74, 6) is 0.366. The number of nitrogens with zero attached hydrogens (tertiary/aromatic N) is 2. The van der Waals surface area contributed by atoms with Crippen LogP contribution in [0.2, 0.25) is 0 Å². The molecule has 170 valence electrons. The molecule has 2 aromatic heterocycles. The van der Waals surface area contributed by atoms with Gasteiger partial charge >= 0.3 is 0 Å². The number of carbonyl (C=O) groups excluding carboxylic acids is 1. The SMILES string of the molecule is COc1ccc(C)cc1NC(=O)C(Sc1nc2sc(C)c(C)c2c(=O)n1C)c1ccccc1. The molecule has 0 aliphatic carbocycles. The third kappa shape index (κ3) is 4.54. The van der Waals surface area contributed by atoms with E-state index in [1.54, 1.807) is 14.2 Å². The van der Waals surface area contributed by atoms with E-state index in [4.69, 9.17) is 9.72 Å². The Bertz CT molecular complexity index is 1390. The lowest BCUT2D eigenvalue weighted by atomic mass is 10.1. The van der Waals surface area contributed by atoms with Crippen LogP contribution in [-0.2, 0) is 11.8 Å². The van der Waals surface area contributed by atoms with Gasteiger partial charge in [0.2, 0.25) is 5.91 Å². The number of thiophene rings is 1. The van der Waals surface area contributed by atoms with Crippen LogP contribution in [0.3, 0.4) is 0 Å². The van der Waals surface area contributed by atoms with Gasteiger partial charge in [-0.25, -0.2) is 4.98 Å². The summed E-state index contributed by atoms with van der Waals surface area (Å²) in [7, 11) is 3.27. The van der Waals surface area contributed by atoms with Crippen molar-refractivity contribution in [2.75, 3.05) is 12.4 Å². The van der Waals surface area contributed by atoms with Gasteiger partial charge in [0.25, 0.3) is 5.56 Å². The van der Waals surface area contributed by atoms with Crippen molar-refractivity contribution in [2.45, 2.75) is 31.2 Å². The van der Waals surface area contributed by atoms with E-state index in [1.807, 2.05) is 69.3 Å². The van der Waals surface area contributed by atoms with Crippen molar-refractivity contribution in [3.05, 3.63) is 80.5 Å². The molecule has 1 unspecified atom stereocenters. The fourth-order valence-corrected chi connectivity index (χ4v) is 5.72. The number of rotatable bonds is 6. The van der Waals surface area contributed by atoms with E-state index in [-0.39, 0.29) is 11.5 Å². The van der Waals surface area contributed by atoms with Crippen molar-refractivity contribution >= 4 is 44.9 Å². The molecule has 0 bridgehead atoms. The zero-order valence-corrected chi connectivity index (χ0v) is 20.8. The summed E-state index contributed by atoms with van der Waals surface area (Å²) >= 11 is 2.76. The van der Waals surface area contributed by atoms with E-state index in [0.717, 1.165) is 21.6 Å². The first-order chi connectivity index (χ1) is 15.8. The number of benzene rings is 2. The number of fused-ring (bicyclic) bond motifs is 1. The van der Waals surface area contributed by atoms with Crippen LogP contribution >= 0.6 is 23.1 Å². The number of hydrogen-bond acceptors (Lipinski definition) is 6. The van der Waals surface area contributed by atoms with Gasteiger partial charge in [-0.1, -0.05) is 48.2 Å². The van der Waals surface area contributed by atoms with E-state index in [1.165, 1.54) is 27.7 Å². The summed E-state index contributed by atoms with van der Waals surface area (Å²) in [6.07, 6.45) is 0. The van der Waals surface area contributed by atoms with Gasteiger partial charge in [0.1, 0.15) is 15.8 Å². The van der Waals surface area contributed by atoms with E-state index in [2.05, 4.69) is 5.32 Å². The molecule has 2 aromatic carbocycles. The Morgan fingerprint density at radius 3 is 2.58 bits per heavy atom. The maximum atomic E-state index is 13.5. The van der Waals surface area contributed by atoms with Gasteiger partial charge in [0, 0.05) is 11.9 Å². The lowest BCUT2D eigenvalue weighted by Gasteiger charge is -2.19. The van der Waals surface area contributed by atoms with Crippen molar-refractivity contribution in [3.8, 4) is 5.75 Å². The van der Waals surface area contributed by atoms with E-state index in [9.17, 15) is 9.59 Å². The first-order valence-corrected chi connectivity index (χ1v) is 12.1. The molecule has 2 heterocycles. The summed E-state index contributed by atoms with van der Waals surface area (Å²) in [6.45, 7) is 5.89. The largest absolute Gasteiger partial charge is 0.495 e. The van der Waals surface area contributed by atoms with E-state index < -0.39 is 5.25 Å². The van der Waals surface area contributed by atoms with Gasteiger partial charge in [-0.15, -0.1) is 11.3 Å². The van der Waals surface area contributed by atoms with Crippen LogP contribution in [0.25, 0.3) is 10.2 Å². The average Bonchev–Trinajstić information content (AvgIpc) is 3.09. The van der Waals surface area contributed by atoms with Gasteiger partial charge in [-0.3, -0.25) is 14.2 Å². The molecule has 8 heteroatoms. The maximum Gasteiger partial charge on any atom is 0.262 e. The van der Waals surface area contributed by atoms with Crippen LogP contribution in [0.5, 0.6) is 5.75 Å². The Labute approximate surface area is 200 Å². The third-order valence-electron chi connectivity index (χ3n) is 5.55. The number of aryl methyl sites for hydroxylation is 3. The third-order valence-corrected chi connectivity index (χ3v) is 7.94. The van der Waals surface area contributed by atoms with Crippen molar-refractivity contribution < 1.29 is 9.53 Å². The van der Waals surface area contributed by atoms with Gasteiger partial charge in [0.15, 0.2) is 5.16 Å². The fourth-order valence-electron chi connectivity index (χ4n) is 3.59. The molecule has 4 aromatic rings. The zero-order chi connectivity index (χ0) is 23.7. The Kier molecular flexibility index (Phi) is 6.58. The number of nitrogens with one attached hydrogen (secondary N) is 1. The Morgan fingerprint density at radius 2 is 1.88 bits per heavy atom. The minimum absolute atomic E-state index is 0.100. The quantitative estimate of drug-likeness (QED) is 0.296. The van der Waals surface area contributed by atoms with Gasteiger partial charge in [0.05, 0.1) is 18.2 Å². The predicted octanol–water partition coefficient (Wildman–Crippen LogP) is 5.40. The van der Waals surface area contributed by atoms with Crippen molar-refractivity contribution in [3.63, 3.8) is 0 Å². The number of carbonyl (C=O) groups is 1. The topological polar surface area (TPSA) is 73.2 Å². The van der Waals surface area contributed by atoms with Crippen LogP contribution in [0.4, 0.5) is 5.69 Å². The lowest BCUT2D eigenvalue weighted by Crippen LogP contribution is -2.23. The van der Waals surface area contributed by atoms with Gasteiger partial charge < -0.3 is 10.1 Å². The Hall–Kier alpha value is -3.10. The number of hydrogen-bond donors (Lipinski definition) is 1. The highest BCUT2D eigenvalue weighted by Crippen LogP contribution is 2.37. The zero-order valence-electron chi connectivity index (χ0n) is 19.1. The molecule has 0 radical (unpaired) electrons. The first-order valence-electron chi connectivity index (χ1n) is 10.4. The van der Waals surface area contributed by atoms with Crippen LogP contribution in [0.15, 0.2) is 58.5 Å². The summed E-state index contributed by atoms with van der Waals surface area (Å²) in [4.78, 5) is 33.1. The molecule has 0 saturated heterocycles. The number of anilines is 1. The molecule has 4 rings (SSSR count). The van der Waals surface area contributed by atoms with Gasteiger partial charge in [-0.2, -0.15) is 0 Å². The van der Waals surface area contributed by atoms with Crippen molar-refractivity contribution in [1.29, 1.82) is 0 Å². The number of amides is 1. The molecule has 6 nitrogen and oxygen atoms in total. The summed E-state index contributed by atoms with van der Waals surface area (Å²) in [6, 6.07) is 15.1. The summed E-state index contributed by atoms with van der Waals surface area (Å²) in [5, 5.41) is 3.53. The minimum Gasteiger partial charge on any atom is -0.495 e. The Balaban J connectivity index is 1.75. The number of ether oxygens (including phenoxy) is 1. The second kappa shape index (κ2) is 9.41. The highest BCUT2D eigenvalue weighted by atomic mass is 32.2. The molecule has 0 saturated carbocycles. The van der Waals surface area contributed by atoms with Crippen LogP contribution in [-0.4, -0.2) is 22.6 Å². The molecule has 0 spiro atoms. The molecule has 0 fully saturated rings. The van der Waals surface area contributed by atoms with E-state index in [0.29, 0.717) is 26.8 Å². The number of aromatic nitrogens is 2. The number of methoxy groups -OCH3 is 1. The van der Waals surface area contributed by atoms with Crippen LogP contribution in [0, 0.1) is 20.8 Å². The first kappa shape index (κ1) is 23.1. The van der Waals surface area contributed by atoms with Crippen LogP contribution in [0.1, 0.15) is 26.8 Å². The predicted molar refractivity (Wildman–Crippen MR) is 136 cm³/mol.